The number of hydrogen-bond acceptors (Lipinski definition) is 11. The van der Waals surface area contributed by atoms with Gasteiger partial charge >= 0.3 is 27.6 Å². The minimum Gasteiger partial charge on any atom is -0.462 e. The fraction of sp³-hybridized carbons (Fsp3) is 0.792. The highest BCUT2D eigenvalue weighted by Gasteiger charge is 2.28. The number of phosphoric ester groups is 2. The monoisotopic (exact) mass is 951 g/mol. The molecule has 0 aliphatic heterocycles. The van der Waals surface area contributed by atoms with E-state index in [1.54, 1.807) is 6.08 Å². The van der Waals surface area contributed by atoms with Crippen molar-refractivity contribution in [2.45, 2.75) is 212 Å². The lowest BCUT2D eigenvalue weighted by atomic mass is 10.0. The number of phosphoric acid groups is 2. The van der Waals surface area contributed by atoms with Crippen LogP contribution < -0.4 is 0 Å². The third kappa shape index (κ3) is 46.6. The minimum absolute atomic E-state index is 0.0359. The lowest BCUT2D eigenvalue weighted by Crippen LogP contribution is -2.29. The van der Waals surface area contributed by atoms with E-state index in [9.17, 15) is 33.8 Å². The van der Waals surface area contributed by atoms with Gasteiger partial charge in [0.15, 0.2) is 6.10 Å². The largest absolute Gasteiger partial charge is 0.472 e. The summed E-state index contributed by atoms with van der Waals surface area (Å²) < 4.78 is 47.8. The molecule has 14 nitrogen and oxygen atoms in total. The smallest absolute Gasteiger partial charge is 0.462 e. The van der Waals surface area contributed by atoms with E-state index in [0.717, 1.165) is 63.7 Å². The van der Waals surface area contributed by atoms with Crippen molar-refractivity contribution in [2.24, 2.45) is 5.92 Å². The number of hydrogen-bond donors (Lipinski definition) is 5. The Morgan fingerprint density at radius 3 is 1.62 bits per heavy atom. The number of esters is 2. The van der Waals surface area contributed by atoms with Gasteiger partial charge in [-0.05, 0) is 44.4 Å². The number of ether oxygens (including phenoxy) is 2. The molecule has 0 heterocycles. The zero-order valence-electron chi connectivity index (χ0n) is 39.7. The molecule has 64 heavy (non-hydrogen) atoms. The van der Waals surface area contributed by atoms with Gasteiger partial charge in [0.1, 0.15) is 12.7 Å². The summed E-state index contributed by atoms with van der Waals surface area (Å²) in [7, 11) is -9.71. The Hall–Kier alpha value is -1.96. The number of carbonyl (C=O) groups excluding carboxylic acids is 2. The number of unbranched alkanes of at least 4 members (excludes halogenated alkanes) is 18. The Balaban J connectivity index is 4.55. The van der Waals surface area contributed by atoms with Gasteiger partial charge in [0.25, 0.3) is 0 Å². The van der Waals surface area contributed by atoms with Crippen LogP contribution in [0.4, 0.5) is 0 Å². The summed E-state index contributed by atoms with van der Waals surface area (Å²) in [5.41, 5.74) is 0. The maximum absolute atomic E-state index is 12.7. The normalized spacial score (nSPS) is 14.9. The van der Waals surface area contributed by atoms with Crippen LogP contribution in [0.3, 0.4) is 0 Å². The van der Waals surface area contributed by atoms with Crippen LogP contribution in [-0.2, 0) is 41.8 Å². The first-order valence-corrected chi connectivity index (χ1v) is 27.3. The fourth-order valence-electron chi connectivity index (χ4n) is 6.52. The summed E-state index contributed by atoms with van der Waals surface area (Å²) in [6, 6.07) is 0. The van der Waals surface area contributed by atoms with Crippen molar-refractivity contribution in [1.82, 2.24) is 0 Å². The highest BCUT2D eigenvalue weighted by Crippen LogP contribution is 2.43. The van der Waals surface area contributed by atoms with Crippen LogP contribution in [-0.4, -0.2) is 81.6 Å². The number of allylic oxidation sites excluding steroid dienone is 7. The zero-order chi connectivity index (χ0) is 47.6. The summed E-state index contributed by atoms with van der Waals surface area (Å²) in [5, 5.41) is 19.7. The van der Waals surface area contributed by atoms with Gasteiger partial charge in [-0.1, -0.05) is 191 Å². The molecule has 0 aromatic heterocycles. The van der Waals surface area contributed by atoms with Crippen molar-refractivity contribution < 1.29 is 66.7 Å². The minimum atomic E-state index is -4.88. The molecule has 0 aliphatic carbocycles. The van der Waals surface area contributed by atoms with Gasteiger partial charge in [-0.15, -0.1) is 0 Å². The summed E-state index contributed by atoms with van der Waals surface area (Å²) in [6.07, 6.45) is 40.1. The third-order valence-electron chi connectivity index (χ3n) is 10.2. The van der Waals surface area contributed by atoms with Crippen molar-refractivity contribution in [2.75, 3.05) is 26.4 Å². The molecule has 0 aliphatic rings. The molecule has 0 bridgehead atoms. The Labute approximate surface area is 386 Å². The highest BCUT2D eigenvalue weighted by atomic mass is 31.2. The summed E-state index contributed by atoms with van der Waals surface area (Å²) in [4.78, 5) is 52.8. The average molecular weight is 951 g/mol. The molecule has 1 unspecified atom stereocenters. The molecule has 16 heteroatoms. The molecule has 4 atom stereocenters. The lowest BCUT2D eigenvalue weighted by Gasteiger charge is -2.20. The van der Waals surface area contributed by atoms with Gasteiger partial charge in [-0.3, -0.25) is 23.2 Å². The van der Waals surface area contributed by atoms with Crippen LogP contribution in [0.2, 0.25) is 0 Å². The van der Waals surface area contributed by atoms with E-state index < -0.39 is 72.3 Å². The second-order valence-electron chi connectivity index (χ2n) is 17.1. The number of aliphatic hydroxyl groups excluding tert-OH is 2. The van der Waals surface area contributed by atoms with Crippen molar-refractivity contribution in [1.29, 1.82) is 0 Å². The van der Waals surface area contributed by atoms with E-state index in [4.69, 9.17) is 23.8 Å². The molecule has 0 spiro atoms. The second kappa shape index (κ2) is 42.4. The molecule has 0 rings (SSSR count). The van der Waals surface area contributed by atoms with E-state index in [0.29, 0.717) is 19.3 Å². The summed E-state index contributed by atoms with van der Waals surface area (Å²) in [6.45, 7) is 3.92. The quantitative estimate of drug-likeness (QED) is 0.0126. The third-order valence-corrected chi connectivity index (χ3v) is 11.7. The first kappa shape index (κ1) is 62.0. The lowest BCUT2D eigenvalue weighted by molar-refractivity contribution is -0.161. The Morgan fingerprint density at radius 1 is 0.547 bits per heavy atom. The topological polar surface area (TPSA) is 216 Å². The number of rotatable bonds is 45. The standard InChI is InChI=1S/C48H88O14P2/c1-4-5-29-35-44(49)36-31-26-22-18-14-12-16-20-24-28-33-38-48(52)62-46(42-61-64(56,57)60-40-45(50)39-59-63(53,54)55)41-58-47(51)37-32-27-23-19-15-11-9-7-6-8-10-13-17-21-25-30-34-43(2)3/h12,14,20,22,24,26,31,36,43-46,49-50H,4-11,13,15-19,21,23,25,27-30,32-35,37-42H2,1-3H3,(H,56,57)(H2,53,54,55)/b14-12-,24-20-,26-22-,36-31+/t44-,45-,46+/m0/s1. The van der Waals surface area contributed by atoms with Crippen molar-refractivity contribution in [3.63, 3.8) is 0 Å². The van der Waals surface area contributed by atoms with Crippen LogP contribution in [0.15, 0.2) is 48.6 Å². The van der Waals surface area contributed by atoms with Crippen LogP contribution >= 0.6 is 15.6 Å². The SMILES string of the molecule is CCCCC[C@H](O)/C=C/C=C\C/C=C\C/C=C\CCCC(=O)O[C@H](COC(=O)CCCCCCCCCCCCCCCCCCC(C)C)COP(=O)(O)OC[C@@H](O)COP(=O)(O)O. The molecule has 0 amide bonds. The fourth-order valence-corrected chi connectivity index (χ4v) is 7.67. The molecule has 0 saturated heterocycles. The van der Waals surface area contributed by atoms with E-state index in [1.165, 1.54) is 83.5 Å². The van der Waals surface area contributed by atoms with Gasteiger partial charge in [-0.25, -0.2) is 9.13 Å². The maximum atomic E-state index is 12.7. The van der Waals surface area contributed by atoms with Gasteiger partial charge in [-0.2, -0.15) is 0 Å². The predicted octanol–water partition coefficient (Wildman–Crippen LogP) is 11.8. The Bertz CT molecular complexity index is 1350. The van der Waals surface area contributed by atoms with Crippen molar-refractivity contribution in [3.8, 4) is 0 Å². The number of carbonyl (C=O) groups is 2. The Kier molecular flexibility index (Phi) is 41.1. The molecule has 374 valence electrons. The van der Waals surface area contributed by atoms with Gasteiger partial charge < -0.3 is 34.4 Å². The zero-order valence-corrected chi connectivity index (χ0v) is 41.4. The summed E-state index contributed by atoms with van der Waals surface area (Å²) >= 11 is 0. The van der Waals surface area contributed by atoms with Crippen LogP contribution in [0.25, 0.3) is 0 Å². The van der Waals surface area contributed by atoms with Gasteiger partial charge in [0, 0.05) is 12.8 Å². The highest BCUT2D eigenvalue weighted by molar-refractivity contribution is 7.47. The molecule has 0 aromatic rings. The first-order chi connectivity index (χ1) is 30.6. The molecular formula is C48H88O14P2. The van der Waals surface area contributed by atoms with Gasteiger partial charge in [0.05, 0.1) is 25.9 Å². The van der Waals surface area contributed by atoms with Crippen LogP contribution in [0.1, 0.15) is 194 Å². The molecule has 0 fully saturated rings. The average Bonchev–Trinajstić information content (AvgIpc) is 3.24. The first-order valence-electron chi connectivity index (χ1n) is 24.3. The molecule has 0 radical (unpaired) electrons. The second-order valence-corrected chi connectivity index (χ2v) is 19.8. The van der Waals surface area contributed by atoms with E-state index in [-0.39, 0.29) is 12.8 Å². The molecule has 0 aromatic carbocycles. The van der Waals surface area contributed by atoms with E-state index in [1.807, 2.05) is 42.5 Å². The predicted molar refractivity (Wildman–Crippen MR) is 254 cm³/mol. The maximum Gasteiger partial charge on any atom is 0.472 e. The van der Waals surface area contributed by atoms with Gasteiger partial charge in [0.2, 0.25) is 0 Å². The van der Waals surface area contributed by atoms with E-state index in [2.05, 4.69) is 29.8 Å². The molecule has 0 saturated carbocycles. The van der Waals surface area contributed by atoms with Crippen LogP contribution in [0, 0.1) is 5.92 Å². The molecular weight excluding hydrogens is 862 g/mol. The molecule has 5 N–H and O–H groups in total. The van der Waals surface area contributed by atoms with Crippen molar-refractivity contribution in [3.05, 3.63) is 48.6 Å². The van der Waals surface area contributed by atoms with E-state index >= 15 is 0 Å². The van der Waals surface area contributed by atoms with Crippen LogP contribution in [0.5, 0.6) is 0 Å². The Morgan fingerprint density at radius 2 is 1.05 bits per heavy atom. The summed E-state index contributed by atoms with van der Waals surface area (Å²) in [5.74, 6) is -0.299. The number of aliphatic hydroxyl groups is 2. The van der Waals surface area contributed by atoms with Crippen molar-refractivity contribution >= 4 is 27.6 Å².